The number of nitrogens with zero attached hydrogens (tertiary/aromatic N) is 2. The number of hydrogen-bond donors (Lipinski definition) is 0. The Morgan fingerprint density at radius 1 is 1.32 bits per heavy atom. The zero-order valence-corrected chi connectivity index (χ0v) is 14.5. The largest absolute Gasteiger partial charge is 0.464 e. The minimum absolute atomic E-state index is 0.320. The van der Waals surface area contributed by atoms with E-state index in [0.717, 1.165) is 31.0 Å². The average molecular weight is 377 g/mol. The Labute approximate surface area is 140 Å². The number of ether oxygens (including phenoxy) is 1. The van der Waals surface area contributed by atoms with Gasteiger partial charge < -0.3 is 4.74 Å². The van der Waals surface area contributed by atoms with Crippen LogP contribution in [0, 0.1) is 6.92 Å². The van der Waals surface area contributed by atoms with Crippen LogP contribution in [-0.4, -0.2) is 23.0 Å². The van der Waals surface area contributed by atoms with Crippen molar-refractivity contribution in [2.45, 2.75) is 13.3 Å². The second-order valence-corrected chi connectivity index (χ2v) is 6.98. The molecule has 0 unspecified atom stereocenters. The topological polar surface area (TPSA) is 52.1 Å². The van der Waals surface area contributed by atoms with E-state index in [4.69, 9.17) is 4.74 Å². The molecular formula is C16H13BrN2O2S. The lowest BCUT2D eigenvalue weighted by molar-refractivity contribution is 0.0593. The van der Waals surface area contributed by atoms with Gasteiger partial charge in [-0.05, 0) is 36.8 Å². The third-order valence-electron chi connectivity index (χ3n) is 3.22. The summed E-state index contributed by atoms with van der Waals surface area (Å²) in [5.74, 6) is -0.425. The van der Waals surface area contributed by atoms with Crippen LogP contribution in [0.5, 0.6) is 0 Å². The number of hydrogen-bond acceptors (Lipinski definition) is 5. The summed E-state index contributed by atoms with van der Waals surface area (Å²) in [6.45, 7) is 2.00. The lowest BCUT2D eigenvalue weighted by Crippen LogP contribution is -2.06. The van der Waals surface area contributed by atoms with Crippen LogP contribution in [0.2, 0.25) is 0 Å². The molecule has 0 bridgehead atoms. The lowest BCUT2D eigenvalue weighted by atomic mass is 10.1. The fourth-order valence-corrected chi connectivity index (χ4v) is 3.87. The van der Waals surface area contributed by atoms with Crippen molar-refractivity contribution in [2.24, 2.45) is 0 Å². The van der Waals surface area contributed by atoms with Crippen LogP contribution in [-0.2, 0) is 11.2 Å². The maximum atomic E-state index is 11.6. The van der Waals surface area contributed by atoms with E-state index in [9.17, 15) is 4.79 Å². The Bertz CT molecular complexity index is 860. The number of fused-ring (bicyclic) bond motifs is 1. The van der Waals surface area contributed by atoms with Crippen LogP contribution in [0.3, 0.4) is 0 Å². The molecule has 0 spiro atoms. The smallest absolute Gasteiger partial charge is 0.356 e. The highest BCUT2D eigenvalue weighted by atomic mass is 79.9. The maximum Gasteiger partial charge on any atom is 0.356 e. The maximum absolute atomic E-state index is 11.6. The van der Waals surface area contributed by atoms with E-state index in [1.54, 1.807) is 17.4 Å². The second-order valence-electron chi connectivity index (χ2n) is 4.83. The van der Waals surface area contributed by atoms with E-state index in [1.165, 1.54) is 7.11 Å². The van der Waals surface area contributed by atoms with Crippen molar-refractivity contribution in [1.29, 1.82) is 0 Å². The number of thiazole rings is 1. The first-order valence-corrected chi connectivity index (χ1v) is 8.27. The standard InChI is InChI=1S/C16H13BrN2O2S/c1-9-18-15-10(6-11(17)8-14(15)22-9)7-12-4-3-5-13(19-12)16(20)21-2/h3-6,8H,7H2,1-2H3. The predicted molar refractivity (Wildman–Crippen MR) is 90.4 cm³/mol. The number of halogens is 1. The Kier molecular flexibility index (Phi) is 4.22. The summed E-state index contributed by atoms with van der Waals surface area (Å²) in [5, 5.41) is 1.03. The molecule has 0 aliphatic heterocycles. The number of benzene rings is 1. The first-order valence-electron chi connectivity index (χ1n) is 6.66. The van der Waals surface area contributed by atoms with Gasteiger partial charge in [-0.15, -0.1) is 11.3 Å². The van der Waals surface area contributed by atoms with E-state index >= 15 is 0 Å². The van der Waals surface area contributed by atoms with Crippen LogP contribution < -0.4 is 0 Å². The summed E-state index contributed by atoms with van der Waals surface area (Å²) in [5.41, 5.74) is 3.22. The predicted octanol–water partition coefficient (Wildman–Crippen LogP) is 4.14. The van der Waals surface area contributed by atoms with Crippen molar-refractivity contribution in [3.63, 3.8) is 0 Å². The SMILES string of the molecule is COC(=O)c1cccc(Cc2cc(Br)cc3sc(C)nc23)n1. The molecule has 0 fully saturated rings. The molecule has 6 heteroatoms. The quantitative estimate of drug-likeness (QED) is 0.644. The molecule has 0 radical (unpaired) electrons. The van der Waals surface area contributed by atoms with Gasteiger partial charge in [0, 0.05) is 16.6 Å². The van der Waals surface area contributed by atoms with Crippen molar-refractivity contribution < 1.29 is 9.53 Å². The van der Waals surface area contributed by atoms with E-state index in [2.05, 4.69) is 32.0 Å². The second kappa shape index (κ2) is 6.14. The highest BCUT2D eigenvalue weighted by Gasteiger charge is 2.12. The molecule has 0 N–H and O–H groups in total. The third-order valence-corrected chi connectivity index (χ3v) is 4.59. The molecule has 0 saturated heterocycles. The van der Waals surface area contributed by atoms with Crippen LogP contribution in [0.4, 0.5) is 0 Å². The van der Waals surface area contributed by atoms with Crippen molar-refractivity contribution in [2.75, 3.05) is 7.11 Å². The molecule has 0 atom stereocenters. The molecule has 0 amide bonds. The number of carbonyl (C=O) groups is 1. The molecule has 3 rings (SSSR count). The lowest BCUT2D eigenvalue weighted by Gasteiger charge is -2.05. The summed E-state index contributed by atoms with van der Waals surface area (Å²) in [6.07, 6.45) is 0.615. The Hall–Kier alpha value is -1.79. The Morgan fingerprint density at radius 2 is 2.14 bits per heavy atom. The van der Waals surface area contributed by atoms with Gasteiger partial charge >= 0.3 is 5.97 Å². The van der Waals surface area contributed by atoms with Crippen molar-refractivity contribution in [1.82, 2.24) is 9.97 Å². The molecule has 2 heterocycles. The highest BCUT2D eigenvalue weighted by Crippen LogP contribution is 2.29. The summed E-state index contributed by atoms with van der Waals surface area (Å²) in [6, 6.07) is 9.49. The number of aromatic nitrogens is 2. The van der Waals surface area contributed by atoms with E-state index < -0.39 is 5.97 Å². The summed E-state index contributed by atoms with van der Waals surface area (Å²) >= 11 is 5.21. The van der Waals surface area contributed by atoms with Crippen LogP contribution in [0.25, 0.3) is 10.2 Å². The van der Waals surface area contributed by atoms with Crippen LogP contribution >= 0.6 is 27.3 Å². The number of rotatable bonds is 3. The van der Waals surface area contributed by atoms with Crippen molar-refractivity contribution >= 4 is 43.5 Å². The molecule has 112 valence electrons. The molecule has 0 saturated carbocycles. The van der Waals surface area contributed by atoms with Gasteiger partial charge in [0.1, 0.15) is 5.69 Å². The molecule has 2 aromatic heterocycles. The molecule has 0 aliphatic carbocycles. The van der Waals surface area contributed by atoms with Gasteiger partial charge in [0.2, 0.25) is 0 Å². The highest BCUT2D eigenvalue weighted by molar-refractivity contribution is 9.10. The van der Waals surface area contributed by atoms with E-state index in [1.807, 2.05) is 25.1 Å². The summed E-state index contributed by atoms with van der Waals surface area (Å²) in [7, 11) is 1.35. The minimum Gasteiger partial charge on any atom is -0.464 e. The zero-order valence-electron chi connectivity index (χ0n) is 12.1. The average Bonchev–Trinajstić information content (AvgIpc) is 2.87. The van der Waals surface area contributed by atoms with Gasteiger partial charge in [0.25, 0.3) is 0 Å². The van der Waals surface area contributed by atoms with Crippen LogP contribution in [0.1, 0.15) is 26.8 Å². The molecule has 1 aromatic carbocycles. The van der Waals surface area contributed by atoms with Gasteiger partial charge in [-0.25, -0.2) is 14.8 Å². The number of carbonyl (C=O) groups excluding carboxylic acids is 1. The number of aryl methyl sites for hydroxylation is 1. The van der Waals surface area contributed by atoms with Crippen molar-refractivity contribution in [3.8, 4) is 0 Å². The fourth-order valence-electron chi connectivity index (χ4n) is 2.30. The van der Waals surface area contributed by atoms with E-state index in [-0.39, 0.29) is 0 Å². The number of esters is 1. The number of methoxy groups -OCH3 is 1. The summed E-state index contributed by atoms with van der Waals surface area (Å²) < 4.78 is 6.88. The normalized spacial score (nSPS) is 10.9. The van der Waals surface area contributed by atoms with Gasteiger partial charge in [0.15, 0.2) is 0 Å². The Balaban J connectivity index is 2.01. The zero-order chi connectivity index (χ0) is 15.7. The molecule has 4 nitrogen and oxygen atoms in total. The van der Waals surface area contributed by atoms with E-state index in [0.29, 0.717) is 12.1 Å². The van der Waals surface area contributed by atoms with Gasteiger partial charge in [-0.3, -0.25) is 0 Å². The Morgan fingerprint density at radius 3 is 2.91 bits per heavy atom. The fraction of sp³-hybridized carbons (Fsp3) is 0.188. The number of pyridine rings is 1. The molecule has 22 heavy (non-hydrogen) atoms. The first-order chi connectivity index (χ1) is 10.6. The molecular weight excluding hydrogens is 364 g/mol. The van der Waals surface area contributed by atoms with Crippen LogP contribution in [0.15, 0.2) is 34.8 Å². The first kappa shape index (κ1) is 15.1. The van der Waals surface area contributed by atoms with Gasteiger partial charge in [0.05, 0.1) is 22.3 Å². The third kappa shape index (κ3) is 3.03. The van der Waals surface area contributed by atoms with Gasteiger partial charge in [-0.1, -0.05) is 22.0 Å². The molecule has 0 aliphatic rings. The monoisotopic (exact) mass is 376 g/mol. The summed E-state index contributed by atoms with van der Waals surface area (Å²) in [4.78, 5) is 20.6. The molecule has 3 aromatic rings. The van der Waals surface area contributed by atoms with Crippen molar-refractivity contribution in [3.05, 3.63) is 56.8 Å². The minimum atomic E-state index is -0.425. The van der Waals surface area contributed by atoms with Gasteiger partial charge in [-0.2, -0.15) is 0 Å².